The van der Waals surface area contributed by atoms with E-state index in [-0.39, 0.29) is 17.7 Å². The van der Waals surface area contributed by atoms with Crippen molar-refractivity contribution in [3.05, 3.63) is 18.3 Å². The van der Waals surface area contributed by atoms with E-state index in [9.17, 15) is 8.42 Å². The number of anilines is 2. The largest absolute Gasteiger partial charge is 0.368 e. The summed E-state index contributed by atoms with van der Waals surface area (Å²) in [5.74, 6) is 0.869. The monoisotopic (exact) mass is 337 g/mol. The van der Waals surface area contributed by atoms with E-state index in [0.29, 0.717) is 23.3 Å². The summed E-state index contributed by atoms with van der Waals surface area (Å²) in [6, 6.07) is 3.61. The van der Waals surface area contributed by atoms with E-state index in [1.165, 1.54) is 6.26 Å². The summed E-state index contributed by atoms with van der Waals surface area (Å²) in [4.78, 5) is 12.7. The molecule has 2 rings (SSSR count). The fraction of sp³-hybridized carbons (Fsp3) is 0.533. The summed E-state index contributed by atoms with van der Waals surface area (Å²) in [6.45, 7) is 2.10. The van der Waals surface area contributed by atoms with E-state index >= 15 is 0 Å². The Morgan fingerprint density at radius 2 is 2.09 bits per heavy atom. The number of hydrogen-bond acceptors (Lipinski definition) is 7. The number of nitrogens with one attached hydrogen (secondary N) is 1. The molecule has 0 spiro atoms. The molecular weight excluding hydrogens is 314 g/mol. The Bertz CT molecular complexity index is 764. The van der Waals surface area contributed by atoms with Crippen molar-refractivity contribution in [3.63, 3.8) is 0 Å². The number of pyridine rings is 1. The Morgan fingerprint density at radius 3 is 2.78 bits per heavy atom. The van der Waals surface area contributed by atoms with Crippen LogP contribution in [0.5, 0.6) is 0 Å². The molecule has 0 bridgehead atoms. The molecule has 0 amide bonds. The number of aromatic nitrogens is 3. The van der Waals surface area contributed by atoms with E-state index in [1.54, 1.807) is 12.3 Å². The van der Waals surface area contributed by atoms with Crippen LogP contribution in [0.1, 0.15) is 32.6 Å². The van der Waals surface area contributed by atoms with E-state index in [2.05, 4.69) is 27.2 Å². The van der Waals surface area contributed by atoms with E-state index in [0.717, 1.165) is 19.3 Å². The standard InChI is InChI=1S/C15H23N5O2S/c1-3-4-6-11(8-10-23(2,21)22)18-14-13-12(7-5-9-17-13)19-15(16)20-14/h5,7,9,11H,3-4,6,8,10H2,1-2H3,(H3,16,18,19,20)/t11-/m1/s1. The molecule has 8 heteroatoms. The van der Waals surface area contributed by atoms with Crippen molar-refractivity contribution in [3.8, 4) is 0 Å². The average Bonchev–Trinajstić information content (AvgIpc) is 2.49. The van der Waals surface area contributed by atoms with E-state index < -0.39 is 9.84 Å². The number of nitrogens with two attached hydrogens (primary N) is 1. The van der Waals surface area contributed by atoms with E-state index in [1.807, 2.05) is 6.07 Å². The van der Waals surface area contributed by atoms with Crippen molar-refractivity contribution in [1.29, 1.82) is 0 Å². The van der Waals surface area contributed by atoms with Gasteiger partial charge in [-0.25, -0.2) is 13.4 Å². The van der Waals surface area contributed by atoms with Gasteiger partial charge in [-0.05, 0) is 25.0 Å². The van der Waals surface area contributed by atoms with E-state index in [4.69, 9.17) is 5.73 Å². The van der Waals surface area contributed by atoms with Crippen LogP contribution in [0.4, 0.5) is 11.8 Å². The Kier molecular flexibility index (Phi) is 5.70. The van der Waals surface area contributed by atoms with Crippen molar-refractivity contribution >= 4 is 32.6 Å². The van der Waals surface area contributed by atoms with Crippen molar-refractivity contribution < 1.29 is 8.42 Å². The molecule has 0 saturated heterocycles. The number of fused-ring (bicyclic) bond motifs is 1. The third kappa shape index (κ3) is 5.31. The van der Waals surface area contributed by atoms with Crippen LogP contribution in [0.3, 0.4) is 0 Å². The van der Waals surface area contributed by atoms with Gasteiger partial charge in [0, 0.05) is 18.5 Å². The Hall–Kier alpha value is -1.96. The molecule has 0 radical (unpaired) electrons. The lowest BCUT2D eigenvalue weighted by atomic mass is 10.1. The van der Waals surface area contributed by atoms with Crippen LogP contribution in [0.25, 0.3) is 11.0 Å². The first kappa shape index (κ1) is 17.4. The minimum absolute atomic E-state index is 0.00387. The molecule has 2 heterocycles. The van der Waals surface area contributed by atoms with Gasteiger partial charge in [0.15, 0.2) is 5.82 Å². The molecule has 23 heavy (non-hydrogen) atoms. The van der Waals surface area contributed by atoms with Gasteiger partial charge in [-0.2, -0.15) is 4.98 Å². The molecule has 0 aliphatic heterocycles. The minimum Gasteiger partial charge on any atom is -0.368 e. The van der Waals surface area contributed by atoms with Gasteiger partial charge >= 0.3 is 0 Å². The van der Waals surface area contributed by atoms with Crippen LogP contribution >= 0.6 is 0 Å². The van der Waals surface area contributed by atoms with Gasteiger partial charge in [-0.15, -0.1) is 0 Å². The molecule has 0 aliphatic rings. The van der Waals surface area contributed by atoms with Crippen LogP contribution in [0, 0.1) is 0 Å². The molecular formula is C15H23N5O2S. The van der Waals surface area contributed by atoms with Crippen LogP contribution in [0.2, 0.25) is 0 Å². The van der Waals surface area contributed by atoms with Gasteiger partial charge < -0.3 is 11.1 Å². The average molecular weight is 337 g/mol. The predicted molar refractivity (Wildman–Crippen MR) is 93.0 cm³/mol. The van der Waals surface area contributed by atoms with Crippen LogP contribution in [-0.4, -0.2) is 41.4 Å². The summed E-state index contributed by atoms with van der Waals surface area (Å²) in [5, 5.41) is 3.31. The normalized spacial score (nSPS) is 13.1. The van der Waals surface area contributed by atoms with Crippen LogP contribution in [0.15, 0.2) is 18.3 Å². The zero-order valence-electron chi connectivity index (χ0n) is 13.5. The molecule has 0 unspecified atom stereocenters. The Morgan fingerprint density at radius 1 is 1.30 bits per heavy atom. The molecule has 0 fully saturated rings. The highest BCUT2D eigenvalue weighted by atomic mass is 32.2. The summed E-state index contributed by atoms with van der Waals surface area (Å²) >= 11 is 0. The number of sulfone groups is 1. The number of rotatable bonds is 8. The molecule has 2 aromatic heterocycles. The van der Waals surface area contributed by atoms with Gasteiger partial charge in [-0.3, -0.25) is 4.98 Å². The second kappa shape index (κ2) is 7.54. The first-order valence-corrected chi connectivity index (χ1v) is 9.77. The topological polar surface area (TPSA) is 111 Å². The molecule has 0 aliphatic carbocycles. The molecule has 0 aromatic carbocycles. The second-order valence-corrected chi connectivity index (χ2v) is 7.96. The zero-order valence-corrected chi connectivity index (χ0v) is 14.3. The summed E-state index contributed by atoms with van der Waals surface area (Å²) in [7, 11) is -3.00. The highest BCUT2D eigenvalue weighted by Gasteiger charge is 2.15. The Balaban J connectivity index is 2.24. The third-order valence-electron chi connectivity index (χ3n) is 3.56. The third-order valence-corrected chi connectivity index (χ3v) is 4.53. The lowest BCUT2D eigenvalue weighted by molar-refractivity contribution is 0.571. The summed E-state index contributed by atoms with van der Waals surface area (Å²) in [5.41, 5.74) is 7.07. The van der Waals surface area contributed by atoms with Crippen molar-refractivity contribution in [2.75, 3.05) is 23.1 Å². The minimum atomic E-state index is -3.00. The lowest BCUT2D eigenvalue weighted by Crippen LogP contribution is -2.24. The maximum absolute atomic E-state index is 11.4. The molecule has 126 valence electrons. The fourth-order valence-electron chi connectivity index (χ4n) is 2.37. The molecule has 3 N–H and O–H groups in total. The molecule has 1 atom stereocenters. The first-order chi connectivity index (χ1) is 10.9. The summed E-state index contributed by atoms with van der Waals surface area (Å²) in [6.07, 6.45) is 6.37. The number of nitrogens with zero attached hydrogens (tertiary/aromatic N) is 3. The zero-order chi connectivity index (χ0) is 16.9. The highest BCUT2D eigenvalue weighted by Crippen LogP contribution is 2.21. The first-order valence-electron chi connectivity index (χ1n) is 7.71. The quantitative estimate of drug-likeness (QED) is 0.758. The van der Waals surface area contributed by atoms with Crippen LogP contribution in [-0.2, 0) is 9.84 Å². The number of nitrogen functional groups attached to an aromatic ring is 1. The van der Waals surface area contributed by atoms with Gasteiger partial charge in [-0.1, -0.05) is 19.8 Å². The SMILES string of the molecule is CCCC[C@H](CCS(C)(=O)=O)Nc1nc(N)nc2cccnc12. The number of unbranched alkanes of at least 4 members (excludes halogenated alkanes) is 1. The van der Waals surface area contributed by atoms with Crippen molar-refractivity contribution in [2.45, 2.75) is 38.6 Å². The fourth-order valence-corrected chi connectivity index (χ4v) is 3.09. The van der Waals surface area contributed by atoms with Gasteiger partial charge in [0.2, 0.25) is 5.95 Å². The van der Waals surface area contributed by atoms with Gasteiger partial charge in [0.1, 0.15) is 15.4 Å². The number of hydrogen-bond donors (Lipinski definition) is 2. The maximum Gasteiger partial charge on any atom is 0.222 e. The van der Waals surface area contributed by atoms with Crippen LogP contribution < -0.4 is 11.1 Å². The van der Waals surface area contributed by atoms with Crippen molar-refractivity contribution in [2.24, 2.45) is 0 Å². The van der Waals surface area contributed by atoms with Gasteiger partial charge in [0.25, 0.3) is 0 Å². The van der Waals surface area contributed by atoms with Gasteiger partial charge in [0.05, 0.1) is 11.3 Å². The predicted octanol–water partition coefficient (Wildman–Crippen LogP) is 2.01. The summed E-state index contributed by atoms with van der Waals surface area (Å²) < 4.78 is 22.9. The molecule has 0 saturated carbocycles. The lowest BCUT2D eigenvalue weighted by Gasteiger charge is -2.19. The molecule has 2 aromatic rings. The highest BCUT2D eigenvalue weighted by molar-refractivity contribution is 7.90. The van der Waals surface area contributed by atoms with Crippen molar-refractivity contribution in [1.82, 2.24) is 15.0 Å². The molecule has 7 nitrogen and oxygen atoms in total. The Labute approximate surface area is 136 Å². The maximum atomic E-state index is 11.4. The smallest absolute Gasteiger partial charge is 0.222 e. The second-order valence-electron chi connectivity index (χ2n) is 5.70.